The molecule has 0 atom stereocenters. The van der Waals surface area contributed by atoms with Crippen molar-refractivity contribution in [1.82, 2.24) is 20.6 Å². The number of carbonyl (C=O) groups excluding carboxylic acids is 4. The second-order valence-corrected chi connectivity index (χ2v) is 20.7. The average molecular weight is 1120 g/mol. The average Bonchev–Trinajstić information content (AvgIpc) is 1.34. The molecule has 0 saturated heterocycles. The standard InChI is InChI=1S/C28H16N2O4.C20H13NO2.C16H16N2O2.C8H10/c31-25-13-5-1-3-7-15(13)27(33)21-17(25)9-11-19-23(21)29-20-12-10-18-22(24(20)30-19)28(34)16-8-4-2-6-14(16)26(18)32;22-19-14-9-4-5-10-15(14)20(23)18-16(19)11-6-12-17(18)21-13-7-2-1-3-8-13;1-9(17-3)13-14(10(2)18-4)16(20)12-8-6-5-7-11(12)15(13)19;1-7-5-3-4-6-8(7)2/h1,3,5-12,29-30H,2,4H2;1-12,21H;5-8,17-18H,1-2H2,3-4H3;3-6H,1-2H3. The van der Waals surface area contributed by atoms with E-state index < -0.39 is 0 Å². The molecule has 0 radical (unpaired) electrons. The Morgan fingerprint density at radius 1 is 0.400 bits per heavy atom. The number of fused-ring (bicyclic) bond motifs is 11. The Bertz CT molecular complexity index is 5060. The molecule has 14 rings (SSSR count). The second-order valence-electron chi connectivity index (χ2n) is 20.7. The lowest BCUT2D eigenvalue weighted by Gasteiger charge is -2.23. The summed E-state index contributed by atoms with van der Waals surface area (Å²) in [7, 11) is 3.32. The minimum atomic E-state index is -0.230. The summed E-state index contributed by atoms with van der Waals surface area (Å²) in [5, 5.41) is 11.9. The number of hydrogen-bond acceptors (Lipinski definition) is 11. The lowest BCUT2D eigenvalue weighted by Crippen LogP contribution is -2.49. The number of H-pyrrole nitrogens is 2. The first-order chi connectivity index (χ1) is 41.1. The van der Waals surface area contributed by atoms with Crippen molar-refractivity contribution in [1.29, 1.82) is 0 Å². The van der Waals surface area contributed by atoms with Crippen LogP contribution in [0, 0.1) is 13.8 Å². The van der Waals surface area contributed by atoms with Gasteiger partial charge in [0.2, 0.25) is 0 Å². The molecule has 11 aromatic rings. The summed E-state index contributed by atoms with van der Waals surface area (Å²) < 4.78 is 0. The van der Waals surface area contributed by atoms with E-state index in [1.165, 1.54) is 11.1 Å². The van der Waals surface area contributed by atoms with Crippen molar-refractivity contribution in [2.75, 3.05) is 19.4 Å². The maximum absolute atomic E-state index is 13.4. The maximum Gasteiger partial charge on any atom is 0.196 e. The van der Waals surface area contributed by atoms with Crippen molar-refractivity contribution in [2.45, 2.75) is 26.7 Å². The highest BCUT2D eigenvalue weighted by Gasteiger charge is 2.35. The molecule has 3 aliphatic carbocycles. The van der Waals surface area contributed by atoms with Crippen molar-refractivity contribution in [3.63, 3.8) is 0 Å². The van der Waals surface area contributed by atoms with Gasteiger partial charge >= 0.3 is 0 Å². The number of nitrogens with one attached hydrogen (secondary N) is 5. The number of Topliss-reactive ketones (excluding diaryl/α,β-unsaturated/α-hetero) is 2. The van der Waals surface area contributed by atoms with Crippen LogP contribution in [-0.2, 0) is 0 Å². The topological polar surface area (TPSA) is 204 Å². The van der Waals surface area contributed by atoms with Gasteiger partial charge in [-0.3, -0.25) is 38.4 Å². The van der Waals surface area contributed by atoms with Gasteiger partial charge in [0, 0.05) is 91.0 Å². The predicted molar refractivity (Wildman–Crippen MR) is 340 cm³/mol. The van der Waals surface area contributed by atoms with Gasteiger partial charge in [-0.05, 0) is 80.3 Å². The van der Waals surface area contributed by atoms with Crippen LogP contribution < -0.4 is 48.1 Å². The highest BCUT2D eigenvalue weighted by molar-refractivity contribution is 6.31. The fourth-order valence-electron chi connectivity index (χ4n) is 11.1. The van der Waals surface area contributed by atoms with E-state index in [4.69, 9.17) is 0 Å². The Labute approximate surface area is 486 Å². The number of para-hydroxylation sites is 1. The number of allylic oxidation sites excluding steroid dienone is 2. The molecule has 1 aromatic heterocycles. The molecule has 0 amide bonds. The van der Waals surface area contributed by atoms with Gasteiger partial charge in [-0.1, -0.05) is 153 Å². The van der Waals surface area contributed by atoms with Gasteiger partial charge in [-0.15, -0.1) is 0 Å². The van der Waals surface area contributed by atoms with Gasteiger partial charge in [0.25, 0.3) is 0 Å². The predicted octanol–water partition coefficient (Wildman–Crippen LogP) is 10.7. The zero-order valence-electron chi connectivity index (χ0n) is 46.9. The molecule has 416 valence electrons. The first kappa shape index (κ1) is 55.7. The second kappa shape index (κ2) is 23.0. The molecule has 0 saturated carbocycles. The quantitative estimate of drug-likeness (QED) is 0.0783. The molecule has 0 fully saturated rings. The van der Waals surface area contributed by atoms with Crippen LogP contribution in [0.15, 0.2) is 225 Å². The number of hydrogen-bond donors (Lipinski definition) is 5. The summed E-state index contributed by atoms with van der Waals surface area (Å²) in [4.78, 5) is 110. The minimum Gasteiger partial charge on any atom is -0.388 e. The number of aryl methyl sites for hydroxylation is 2. The van der Waals surface area contributed by atoms with Crippen LogP contribution in [0.4, 0.5) is 11.4 Å². The molecule has 13 heteroatoms. The zero-order chi connectivity index (χ0) is 59.8. The summed E-state index contributed by atoms with van der Waals surface area (Å²) in [6, 6.07) is 50.6. The van der Waals surface area contributed by atoms with Gasteiger partial charge in [0.15, 0.2) is 44.8 Å². The number of rotatable bonds is 6. The van der Waals surface area contributed by atoms with Crippen LogP contribution in [0.1, 0.15) is 76.5 Å². The number of aromatic nitrogens is 2. The van der Waals surface area contributed by atoms with E-state index in [1.54, 1.807) is 123 Å². The number of aromatic amines is 2. The Hall–Kier alpha value is -11.2. The molecular formula is C72H55N5O8. The lowest BCUT2D eigenvalue weighted by atomic mass is 9.82. The number of ketones is 4. The Morgan fingerprint density at radius 2 is 0.824 bits per heavy atom. The number of carbonyl (C=O) groups is 4. The summed E-state index contributed by atoms with van der Waals surface area (Å²) in [5.41, 5.74) is 9.63. The largest absolute Gasteiger partial charge is 0.388 e. The smallest absolute Gasteiger partial charge is 0.196 e. The van der Waals surface area contributed by atoms with Crippen molar-refractivity contribution >= 4 is 101 Å². The number of likely N-dealkylation sites (N-methyl/N-ethyl adjacent to an activating group) is 2. The van der Waals surface area contributed by atoms with E-state index in [0.29, 0.717) is 115 Å². The van der Waals surface area contributed by atoms with Crippen molar-refractivity contribution in [3.8, 4) is 0 Å². The molecule has 85 heavy (non-hydrogen) atoms. The van der Waals surface area contributed by atoms with Gasteiger partial charge in [-0.25, -0.2) is 0 Å². The lowest BCUT2D eigenvalue weighted by molar-refractivity contribution is 0.0977. The summed E-state index contributed by atoms with van der Waals surface area (Å²) in [5.74, 6) is -0.655. The first-order valence-corrected chi connectivity index (χ1v) is 27.5. The van der Waals surface area contributed by atoms with E-state index >= 15 is 0 Å². The zero-order valence-corrected chi connectivity index (χ0v) is 46.9. The van der Waals surface area contributed by atoms with Crippen molar-refractivity contribution in [3.05, 3.63) is 301 Å². The molecule has 10 aromatic carbocycles. The van der Waals surface area contributed by atoms with Crippen LogP contribution in [0.3, 0.4) is 0 Å². The SMILES string of the molecule is C=C(NC)C1=C(C(=C)NC)C(=O)c2ccccc2C1=O.Cc1ccccc1C.O=C1c2ccccc2C(=O)c2c(Nc3ccccc3)cccc21.O=c1c2c(c(=O)c3c1ccc1[nH]c4c(ccc5c(=O)c6ccccc6c(=O)c54)[nH]c13)=CCCC=2. The summed E-state index contributed by atoms with van der Waals surface area (Å²) in [6.45, 7) is 11.9. The summed E-state index contributed by atoms with van der Waals surface area (Å²) >= 11 is 0. The minimum absolute atomic E-state index is 0.105. The Morgan fingerprint density at radius 3 is 1.34 bits per heavy atom. The number of benzene rings is 10. The van der Waals surface area contributed by atoms with Crippen molar-refractivity contribution < 1.29 is 19.2 Å². The third-order valence-corrected chi connectivity index (χ3v) is 15.7. The molecule has 1 heterocycles. The van der Waals surface area contributed by atoms with E-state index in [0.717, 1.165) is 18.5 Å². The first-order valence-electron chi connectivity index (χ1n) is 27.5. The van der Waals surface area contributed by atoms with Crippen LogP contribution in [0.2, 0.25) is 0 Å². The van der Waals surface area contributed by atoms with Crippen LogP contribution >= 0.6 is 0 Å². The van der Waals surface area contributed by atoms with E-state index in [9.17, 15) is 38.4 Å². The van der Waals surface area contributed by atoms with E-state index in [2.05, 4.69) is 77.2 Å². The Balaban J connectivity index is 0.000000129. The van der Waals surface area contributed by atoms with Gasteiger partial charge < -0.3 is 25.9 Å². The van der Waals surface area contributed by atoms with E-state index in [1.807, 2.05) is 48.6 Å². The highest BCUT2D eigenvalue weighted by Crippen LogP contribution is 2.34. The molecular weight excluding hydrogens is 1060 g/mol. The van der Waals surface area contributed by atoms with Gasteiger partial charge in [0.05, 0.1) is 55.2 Å². The molecule has 0 aliphatic heterocycles. The molecule has 5 N–H and O–H groups in total. The van der Waals surface area contributed by atoms with E-state index in [-0.39, 0.29) is 56.0 Å². The fraction of sp³-hybridized carbons (Fsp3) is 0.0833. The maximum atomic E-state index is 13.4. The molecule has 3 aliphatic rings. The molecule has 0 spiro atoms. The normalized spacial score (nSPS) is 12.9. The molecule has 0 unspecified atom stereocenters. The summed E-state index contributed by atoms with van der Waals surface area (Å²) in [6.07, 6.45) is 5.14. The van der Waals surface area contributed by atoms with Gasteiger partial charge in [0.1, 0.15) is 0 Å². The fourth-order valence-corrected chi connectivity index (χ4v) is 11.1. The Kier molecular flexibility index (Phi) is 15.1. The highest BCUT2D eigenvalue weighted by atomic mass is 16.2. The molecule has 13 nitrogen and oxygen atoms in total. The third kappa shape index (κ3) is 9.93. The van der Waals surface area contributed by atoms with Crippen LogP contribution in [0.5, 0.6) is 0 Å². The van der Waals surface area contributed by atoms with Crippen molar-refractivity contribution in [2.24, 2.45) is 0 Å². The molecule has 0 bridgehead atoms. The van der Waals surface area contributed by atoms with Crippen LogP contribution in [-0.4, -0.2) is 47.2 Å². The third-order valence-electron chi connectivity index (χ3n) is 15.7. The van der Waals surface area contributed by atoms with Crippen LogP contribution in [0.25, 0.3) is 66.5 Å². The monoisotopic (exact) mass is 1120 g/mol. The number of anilines is 2. The van der Waals surface area contributed by atoms with Gasteiger partial charge in [-0.2, -0.15) is 0 Å².